The second-order valence-corrected chi connectivity index (χ2v) is 6.91. The third-order valence-corrected chi connectivity index (χ3v) is 4.72. The van der Waals surface area contributed by atoms with Gasteiger partial charge in [-0.3, -0.25) is 9.59 Å². The van der Waals surface area contributed by atoms with Crippen LogP contribution in [0.2, 0.25) is 0 Å². The number of anilines is 1. The second-order valence-electron chi connectivity index (χ2n) is 6.91. The number of amides is 2. The molecule has 0 aliphatic carbocycles. The minimum absolute atomic E-state index is 0.0289. The van der Waals surface area contributed by atoms with E-state index in [-0.39, 0.29) is 18.4 Å². The highest BCUT2D eigenvalue weighted by atomic mass is 16.2. The molecule has 1 aromatic carbocycles. The Balaban J connectivity index is 1.53. The maximum absolute atomic E-state index is 12.5. The molecule has 7 nitrogen and oxygen atoms in total. The molecule has 0 saturated carbocycles. The van der Waals surface area contributed by atoms with Gasteiger partial charge in [0.2, 0.25) is 5.91 Å². The number of hydrogen-bond donors (Lipinski definition) is 1. The van der Waals surface area contributed by atoms with Crippen LogP contribution in [0.25, 0.3) is 0 Å². The van der Waals surface area contributed by atoms with Crippen LogP contribution in [-0.2, 0) is 4.79 Å². The van der Waals surface area contributed by atoms with Crippen molar-refractivity contribution in [1.29, 1.82) is 5.26 Å². The summed E-state index contributed by atoms with van der Waals surface area (Å²) in [7, 11) is 0. The highest BCUT2D eigenvalue weighted by Gasteiger charge is 2.23. The summed E-state index contributed by atoms with van der Waals surface area (Å²) in [6, 6.07) is 11.2. The summed E-state index contributed by atoms with van der Waals surface area (Å²) in [4.78, 5) is 32.8. The van der Waals surface area contributed by atoms with Crippen molar-refractivity contribution in [2.45, 2.75) is 13.8 Å². The molecule has 0 spiro atoms. The molecule has 1 aliphatic heterocycles. The summed E-state index contributed by atoms with van der Waals surface area (Å²) in [5, 5.41) is 11.9. The zero-order valence-electron chi connectivity index (χ0n) is 16.1. The molecule has 28 heavy (non-hydrogen) atoms. The Morgan fingerprint density at radius 3 is 2.46 bits per heavy atom. The van der Waals surface area contributed by atoms with Gasteiger partial charge >= 0.3 is 0 Å². The minimum Gasteiger partial charge on any atom is -0.352 e. The molecule has 0 radical (unpaired) electrons. The van der Waals surface area contributed by atoms with Crippen molar-refractivity contribution in [1.82, 2.24) is 15.2 Å². The smallest absolute Gasteiger partial charge is 0.251 e. The lowest BCUT2D eigenvalue weighted by Gasteiger charge is -2.35. The molecule has 0 bridgehead atoms. The number of benzene rings is 1. The summed E-state index contributed by atoms with van der Waals surface area (Å²) in [5.74, 6) is 0.296. The van der Waals surface area contributed by atoms with Gasteiger partial charge < -0.3 is 15.1 Å². The molecule has 7 heteroatoms. The van der Waals surface area contributed by atoms with E-state index < -0.39 is 0 Å². The molecule has 2 heterocycles. The van der Waals surface area contributed by atoms with Crippen molar-refractivity contribution in [3.8, 4) is 6.07 Å². The van der Waals surface area contributed by atoms with Crippen LogP contribution in [0.3, 0.4) is 0 Å². The number of nitrogens with one attached hydrogen (secondary N) is 1. The van der Waals surface area contributed by atoms with E-state index in [2.05, 4.69) is 16.4 Å². The van der Waals surface area contributed by atoms with E-state index >= 15 is 0 Å². The van der Waals surface area contributed by atoms with Crippen LogP contribution in [0, 0.1) is 25.2 Å². The third kappa shape index (κ3) is 4.46. The number of carbonyl (C=O) groups is 2. The highest BCUT2D eigenvalue weighted by Crippen LogP contribution is 2.18. The van der Waals surface area contributed by atoms with E-state index in [4.69, 9.17) is 0 Å². The van der Waals surface area contributed by atoms with Crippen LogP contribution in [0.1, 0.15) is 27.0 Å². The first-order valence-electron chi connectivity index (χ1n) is 9.22. The number of nitriles is 1. The van der Waals surface area contributed by atoms with Gasteiger partial charge in [-0.15, -0.1) is 0 Å². The molecule has 1 saturated heterocycles. The predicted octanol–water partition coefficient (Wildman–Crippen LogP) is 1.65. The monoisotopic (exact) mass is 377 g/mol. The van der Waals surface area contributed by atoms with Gasteiger partial charge in [0.15, 0.2) is 0 Å². The average molecular weight is 377 g/mol. The van der Waals surface area contributed by atoms with Gasteiger partial charge in [0.1, 0.15) is 11.9 Å². The number of aryl methyl sites for hydroxylation is 2. The van der Waals surface area contributed by atoms with Crippen LogP contribution in [0.15, 0.2) is 36.5 Å². The van der Waals surface area contributed by atoms with Gasteiger partial charge in [0.25, 0.3) is 5.91 Å². The highest BCUT2D eigenvalue weighted by molar-refractivity contribution is 5.96. The lowest BCUT2D eigenvalue weighted by molar-refractivity contribution is -0.130. The third-order valence-electron chi connectivity index (χ3n) is 4.72. The Morgan fingerprint density at radius 1 is 1.14 bits per heavy atom. The summed E-state index contributed by atoms with van der Waals surface area (Å²) in [6.45, 7) is 6.10. The quantitative estimate of drug-likeness (QED) is 0.875. The Kier molecular flexibility index (Phi) is 5.90. The van der Waals surface area contributed by atoms with Gasteiger partial charge in [0, 0.05) is 37.9 Å². The van der Waals surface area contributed by atoms with Gasteiger partial charge in [0.05, 0.1) is 12.1 Å². The van der Waals surface area contributed by atoms with Crippen LogP contribution in [0.5, 0.6) is 0 Å². The molecule has 1 aliphatic rings. The predicted molar refractivity (Wildman–Crippen MR) is 106 cm³/mol. The first kappa shape index (κ1) is 19.4. The summed E-state index contributed by atoms with van der Waals surface area (Å²) in [5.41, 5.74) is 3.12. The van der Waals surface area contributed by atoms with Gasteiger partial charge in [-0.1, -0.05) is 17.2 Å². The molecule has 1 fully saturated rings. The molecule has 2 amide bonds. The second kappa shape index (κ2) is 8.53. The number of pyridine rings is 1. The van der Waals surface area contributed by atoms with Crippen LogP contribution >= 0.6 is 0 Å². The zero-order valence-corrected chi connectivity index (χ0v) is 16.1. The van der Waals surface area contributed by atoms with E-state index in [0.29, 0.717) is 43.1 Å². The van der Waals surface area contributed by atoms with Gasteiger partial charge in [-0.2, -0.15) is 5.26 Å². The molecule has 144 valence electrons. The summed E-state index contributed by atoms with van der Waals surface area (Å²) < 4.78 is 0. The molecular weight excluding hydrogens is 354 g/mol. The van der Waals surface area contributed by atoms with E-state index in [1.165, 1.54) is 0 Å². The van der Waals surface area contributed by atoms with E-state index in [9.17, 15) is 14.9 Å². The molecule has 1 aromatic heterocycles. The largest absolute Gasteiger partial charge is 0.352 e. The molecule has 1 N–H and O–H groups in total. The summed E-state index contributed by atoms with van der Waals surface area (Å²) in [6.07, 6.45) is 1.66. The number of carbonyl (C=O) groups excluding carboxylic acids is 2. The van der Waals surface area contributed by atoms with Crippen molar-refractivity contribution in [2.75, 3.05) is 37.6 Å². The van der Waals surface area contributed by atoms with Crippen molar-refractivity contribution < 1.29 is 9.59 Å². The fourth-order valence-electron chi connectivity index (χ4n) is 3.38. The molecule has 0 unspecified atom stereocenters. The van der Waals surface area contributed by atoms with Crippen LogP contribution < -0.4 is 10.2 Å². The fraction of sp³-hybridized carbons (Fsp3) is 0.333. The number of nitrogens with zero attached hydrogens (tertiary/aromatic N) is 4. The van der Waals surface area contributed by atoms with Crippen molar-refractivity contribution in [3.63, 3.8) is 0 Å². The Hall–Kier alpha value is -3.40. The first-order valence-corrected chi connectivity index (χ1v) is 9.22. The molecule has 0 atom stereocenters. The Morgan fingerprint density at radius 2 is 1.82 bits per heavy atom. The number of hydrogen-bond acceptors (Lipinski definition) is 5. The lowest BCUT2D eigenvalue weighted by atomic mass is 10.1. The zero-order chi connectivity index (χ0) is 20.1. The minimum atomic E-state index is -0.245. The summed E-state index contributed by atoms with van der Waals surface area (Å²) >= 11 is 0. The lowest BCUT2D eigenvalue weighted by Crippen LogP contribution is -2.51. The maximum atomic E-state index is 12.5. The van der Waals surface area contributed by atoms with Crippen molar-refractivity contribution in [2.24, 2.45) is 0 Å². The van der Waals surface area contributed by atoms with E-state index in [1.54, 1.807) is 23.2 Å². The fourth-order valence-corrected chi connectivity index (χ4v) is 3.38. The molecular formula is C21H23N5O2. The number of rotatable bonds is 4. The van der Waals surface area contributed by atoms with Crippen molar-refractivity contribution >= 4 is 17.6 Å². The van der Waals surface area contributed by atoms with E-state index in [1.807, 2.05) is 36.9 Å². The van der Waals surface area contributed by atoms with Crippen LogP contribution in [0.4, 0.5) is 5.82 Å². The van der Waals surface area contributed by atoms with Gasteiger partial charge in [-0.25, -0.2) is 4.98 Å². The van der Waals surface area contributed by atoms with Gasteiger partial charge in [-0.05, 0) is 38.1 Å². The maximum Gasteiger partial charge on any atom is 0.251 e. The number of piperazine rings is 1. The standard InChI is InChI=1S/C21H23N5O2/c1-15-10-16(2)12-18(11-15)21(28)24-14-19(27)25-6-8-26(9-7-25)20-17(13-22)4-3-5-23-20/h3-5,10-12H,6-9,14H2,1-2H3,(H,24,28). The molecule has 3 rings (SSSR count). The SMILES string of the molecule is Cc1cc(C)cc(C(=O)NCC(=O)N2CCN(c3ncccc3C#N)CC2)c1. The van der Waals surface area contributed by atoms with Crippen LogP contribution in [-0.4, -0.2) is 54.4 Å². The normalized spacial score (nSPS) is 13.8. The van der Waals surface area contributed by atoms with E-state index in [0.717, 1.165) is 11.1 Å². The molecule has 2 aromatic rings. The first-order chi connectivity index (χ1) is 13.5. The topological polar surface area (TPSA) is 89.3 Å². The Bertz CT molecular complexity index is 906. The van der Waals surface area contributed by atoms with Crippen molar-refractivity contribution in [3.05, 3.63) is 58.8 Å². The average Bonchev–Trinajstić information content (AvgIpc) is 2.71. The Labute approximate surface area is 164 Å². The number of aromatic nitrogens is 1.